The van der Waals surface area contributed by atoms with E-state index in [0.29, 0.717) is 11.1 Å². The second-order valence-electron chi connectivity index (χ2n) is 4.81. The van der Waals surface area contributed by atoms with Crippen molar-refractivity contribution < 1.29 is 13.2 Å². The molecule has 0 aliphatic carbocycles. The first kappa shape index (κ1) is 14.6. The third-order valence-electron chi connectivity index (χ3n) is 3.32. The summed E-state index contributed by atoms with van der Waals surface area (Å²) < 4.78 is 39.8. The van der Waals surface area contributed by atoms with Gasteiger partial charge in [-0.2, -0.15) is 0 Å². The summed E-state index contributed by atoms with van der Waals surface area (Å²) in [5, 5.41) is 3.17. The lowest BCUT2D eigenvalue weighted by Crippen LogP contribution is -2.23. The molecule has 4 heteroatoms. The molecular weight excluding hydrogens is 263 g/mol. The Morgan fingerprint density at radius 3 is 2.15 bits per heavy atom. The maximum absolute atomic E-state index is 13.7. The van der Waals surface area contributed by atoms with E-state index in [4.69, 9.17) is 0 Å². The van der Waals surface area contributed by atoms with Crippen molar-refractivity contribution in [2.24, 2.45) is 0 Å². The molecule has 2 rings (SSSR count). The zero-order valence-electron chi connectivity index (χ0n) is 11.3. The molecule has 0 fully saturated rings. The van der Waals surface area contributed by atoms with E-state index in [1.807, 2.05) is 13.8 Å². The first-order valence-electron chi connectivity index (χ1n) is 6.44. The molecule has 1 nitrogen and oxygen atoms in total. The smallest absolute Gasteiger partial charge is 0.159 e. The molecule has 0 amide bonds. The van der Waals surface area contributed by atoms with Gasteiger partial charge in [0.25, 0.3) is 0 Å². The highest BCUT2D eigenvalue weighted by Crippen LogP contribution is 2.22. The molecule has 1 unspecified atom stereocenters. The third kappa shape index (κ3) is 3.20. The maximum Gasteiger partial charge on any atom is 0.159 e. The van der Waals surface area contributed by atoms with Gasteiger partial charge in [-0.25, -0.2) is 13.2 Å². The molecule has 0 radical (unpaired) electrons. The summed E-state index contributed by atoms with van der Waals surface area (Å²) in [4.78, 5) is 0. The largest absolute Gasteiger partial charge is 0.304 e. The molecule has 2 aromatic carbocycles. The molecule has 0 saturated heterocycles. The fourth-order valence-corrected chi connectivity index (χ4v) is 2.17. The minimum Gasteiger partial charge on any atom is -0.304 e. The van der Waals surface area contributed by atoms with Gasteiger partial charge >= 0.3 is 0 Å². The molecule has 2 aromatic rings. The molecule has 0 aliphatic rings. The molecule has 1 N–H and O–H groups in total. The Morgan fingerprint density at radius 1 is 0.800 bits per heavy atom. The number of benzene rings is 2. The lowest BCUT2D eigenvalue weighted by molar-refractivity contribution is 0.466. The average Bonchev–Trinajstić information content (AvgIpc) is 2.42. The van der Waals surface area contributed by atoms with Crippen molar-refractivity contribution in [2.45, 2.75) is 25.9 Å². The van der Waals surface area contributed by atoms with Crippen molar-refractivity contribution >= 4 is 0 Å². The van der Waals surface area contributed by atoms with Crippen LogP contribution in [-0.4, -0.2) is 0 Å². The van der Waals surface area contributed by atoms with Crippen molar-refractivity contribution in [2.75, 3.05) is 0 Å². The lowest BCUT2D eigenvalue weighted by Gasteiger charge is -2.21. The van der Waals surface area contributed by atoms with Gasteiger partial charge in [-0.1, -0.05) is 24.3 Å². The van der Waals surface area contributed by atoms with E-state index in [1.165, 1.54) is 12.1 Å². The molecule has 0 saturated carbocycles. The molecule has 2 atom stereocenters. The highest BCUT2D eigenvalue weighted by molar-refractivity contribution is 5.24. The second-order valence-corrected chi connectivity index (χ2v) is 4.81. The van der Waals surface area contributed by atoms with E-state index in [-0.39, 0.29) is 17.9 Å². The second kappa shape index (κ2) is 6.09. The lowest BCUT2D eigenvalue weighted by atomic mass is 10.0. The maximum atomic E-state index is 13.7. The van der Waals surface area contributed by atoms with Gasteiger partial charge in [-0.05, 0) is 37.6 Å². The number of nitrogens with one attached hydrogen (secondary N) is 1. The summed E-state index contributed by atoms with van der Waals surface area (Å²) >= 11 is 0. The number of hydrogen-bond acceptors (Lipinski definition) is 1. The first-order valence-corrected chi connectivity index (χ1v) is 6.44. The molecule has 20 heavy (non-hydrogen) atoms. The van der Waals surface area contributed by atoms with Crippen LogP contribution in [0.15, 0.2) is 42.5 Å². The Morgan fingerprint density at radius 2 is 1.50 bits per heavy atom. The van der Waals surface area contributed by atoms with Gasteiger partial charge in [0.2, 0.25) is 0 Å². The standard InChI is InChI=1S/C16H16F3N/c1-10(12-7-8-15(18)16(19)9-12)20-11(2)13-5-3-4-6-14(13)17/h3-11,20H,1-2H3/t10?,11-/m1/s1. The summed E-state index contributed by atoms with van der Waals surface area (Å²) in [7, 11) is 0. The summed E-state index contributed by atoms with van der Waals surface area (Å²) in [6.07, 6.45) is 0. The predicted molar refractivity (Wildman–Crippen MR) is 72.7 cm³/mol. The van der Waals surface area contributed by atoms with E-state index in [1.54, 1.807) is 18.2 Å². The van der Waals surface area contributed by atoms with Gasteiger partial charge in [0.05, 0.1) is 0 Å². The minimum absolute atomic E-state index is 0.222. The third-order valence-corrected chi connectivity index (χ3v) is 3.32. The Kier molecular flexibility index (Phi) is 4.45. The van der Waals surface area contributed by atoms with E-state index in [2.05, 4.69) is 5.32 Å². The van der Waals surface area contributed by atoms with Crippen LogP contribution in [0.5, 0.6) is 0 Å². The van der Waals surface area contributed by atoms with Crippen LogP contribution in [0, 0.1) is 17.5 Å². The SMILES string of the molecule is CC(N[C@H](C)c1ccccc1F)c1ccc(F)c(F)c1. The van der Waals surface area contributed by atoms with Gasteiger partial charge < -0.3 is 5.32 Å². The van der Waals surface area contributed by atoms with Crippen LogP contribution >= 0.6 is 0 Å². The summed E-state index contributed by atoms with van der Waals surface area (Å²) in [5.74, 6) is -2.04. The topological polar surface area (TPSA) is 12.0 Å². The summed E-state index contributed by atoms with van der Waals surface area (Å²) in [6.45, 7) is 3.65. The molecule has 0 aliphatic heterocycles. The Bertz CT molecular complexity index is 598. The fraction of sp³-hybridized carbons (Fsp3) is 0.250. The Balaban J connectivity index is 2.13. The van der Waals surface area contributed by atoms with Crippen molar-refractivity contribution in [1.82, 2.24) is 5.32 Å². The predicted octanol–water partition coefficient (Wildman–Crippen LogP) is 4.52. The van der Waals surface area contributed by atoms with E-state index < -0.39 is 11.6 Å². The van der Waals surface area contributed by atoms with Gasteiger partial charge in [0.15, 0.2) is 11.6 Å². The minimum atomic E-state index is -0.880. The van der Waals surface area contributed by atoms with Crippen LogP contribution < -0.4 is 5.32 Å². The Hall–Kier alpha value is -1.81. The molecule has 0 bridgehead atoms. The van der Waals surface area contributed by atoms with Crippen LogP contribution in [0.2, 0.25) is 0 Å². The normalized spacial score (nSPS) is 14.1. The van der Waals surface area contributed by atoms with Crippen LogP contribution in [0.1, 0.15) is 37.1 Å². The first-order chi connectivity index (χ1) is 9.49. The van der Waals surface area contributed by atoms with E-state index in [0.717, 1.165) is 12.1 Å². The van der Waals surface area contributed by atoms with Crippen LogP contribution in [0.25, 0.3) is 0 Å². The number of rotatable bonds is 4. The van der Waals surface area contributed by atoms with Gasteiger partial charge in [0.1, 0.15) is 5.82 Å². The molecular formula is C16H16F3N. The highest BCUT2D eigenvalue weighted by atomic mass is 19.2. The average molecular weight is 279 g/mol. The van der Waals surface area contributed by atoms with Crippen LogP contribution in [0.3, 0.4) is 0 Å². The summed E-state index contributed by atoms with van der Waals surface area (Å²) in [6, 6.07) is 9.80. The summed E-state index contributed by atoms with van der Waals surface area (Å²) in [5.41, 5.74) is 1.16. The van der Waals surface area contributed by atoms with Crippen molar-refractivity contribution in [3.63, 3.8) is 0 Å². The molecule has 106 valence electrons. The Labute approximate surface area is 116 Å². The van der Waals surface area contributed by atoms with Crippen LogP contribution in [0.4, 0.5) is 13.2 Å². The molecule has 0 heterocycles. The van der Waals surface area contributed by atoms with Crippen molar-refractivity contribution in [1.29, 1.82) is 0 Å². The zero-order valence-corrected chi connectivity index (χ0v) is 11.3. The van der Waals surface area contributed by atoms with E-state index >= 15 is 0 Å². The quantitative estimate of drug-likeness (QED) is 0.868. The monoisotopic (exact) mass is 279 g/mol. The van der Waals surface area contributed by atoms with E-state index in [9.17, 15) is 13.2 Å². The number of halogens is 3. The van der Waals surface area contributed by atoms with Gasteiger partial charge in [0, 0.05) is 17.6 Å². The van der Waals surface area contributed by atoms with Crippen LogP contribution in [-0.2, 0) is 0 Å². The number of hydrogen-bond donors (Lipinski definition) is 1. The van der Waals surface area contributed by atoms with Gasteiger partial charge in [-0.15, -0.1) is 0 Å². The van der Waals surface area contributed by atoms with Gasteiger partial charge in [-0.3, -0.25) is 0 Å². The zero-order chi connectivity index (χ0) is 14.7. The molecule has 0 aromatic heterocycles. The highest BCUT2D eigenvalue weighted by Gasteiger charge is 2.15. The fourth-order valence-electron chi connectivity index (χ4n) is 2.17. The van der Waals surface area contributed by atoms with Crippen molar-refractivity contribution in [3.8, 4) is 0 Å². The molecule has 0 spiro atoms. The van der Waals surface area contributed by atoms with Crippen molar-refractivity contribution in [3.05, 3.63) is 71.0 Å².